The molecule has 4 atom stereocenters. The van der Waals surface area contributed by atoms with E-state index in [1.165, 1.54) is 0 Å². The van der Waals surface area contributed by atoms with Gasteiger partial charge in [-0.05, 0) is 13.8 Å². The van der Waals surface area contributed by atoms with Gasteiger partial charge in [-0.3, -0.25) is 0 Å². The molecule has 2 fully saturated rings. The van der Waals surface area contributed by atoms with Gasteiger partial charge in [0.05, 0.1) is 13.2 Å². The van der Waals surface area contributed by atoms with Crippen molar-refractivity contribution in [2.24, 2.45) is 0 Å². The molecule has 0 spiro atoms. The molecule has 1 N–H and O–H groups in total. The van der Waals surface area contributed by atoms with Crippen LogP contribution < -0.4 is 0 Å². The molecule has 0 aromatic heterocycles. The molecule has 0 aliphatic carbocycles. The lowest BCUT2D eigenvalue weighted by molar-refractivity contribution is -0.243. The summed E-state index contributed by atoms with van der Waals surface area (Å²) in [6.45, 7) is 7.77. The van der Waals surface area contributed by atoms with Crippen LogP contribution in [0.3, 0.4) is 0 Å². The molecule has 2 aliphatic rings. The smallest absolute Gasteiger partial charge is 0.186 e. The summed E-state index contributed by atoms with van der Waals surface area (Å²) in [7, 11) is 0. The summed E-state index contributed by atoms with van der Waals surface area (Å²) in [5.74, 6) is -0.709. The topological polar surface area (TPSA) is 57.2 Å². The summed E-state index contributed by atoms with van der Waals surface area (Å²) in [4.78, 5) is 0. The van der Waals surface area contributed by atoms with Crippen LogP contribution in [0.5, 0.6) is 0 Å². The van der Waals surface area contributed by atoms with Crippen molar-refractivity contribution in [3.63, 3.8) is 0 Å². The molecule has 0 saturated carbocycles. The Morgan fingerprint density at radius 1 is 1.44 bits per heavy atom. The van der Waals surface area contributed by atoms with Crippen LogP contribution in [0.1, 0.15) is 13.8 Å². The average molecular weight is 230 g/mol. The molecular weight excluding hydrogens is 212 g/mol. The van der Waals surface area contributed by atoms with Crippen LogP contribution in [0.15, 0.2) is 12.7 Å². The van der Waals surface area contributed by atoms with E-state index in [9.17, 15) is 5.11 Å². The van der Waals surface area contributed by atoms with Gasteiger partial charge < -0.3 is 24.1 Å². The first-order valence-electron chi connectivity index (χ1n) is 5.41. The number of hydrogen-bond acceptors (Lipinski definition) is 5. The van der Waals surface area contributed by atoms with E-state index in [4.69, 9.17) is 18.9 Å². The zero-order valence-electron chi connectivity index (χ0n) is 9.59. The Morgan fingerprint density at radius 2 is 2.12 bits per heavy atom. The fraction of sp³-hybridized carbons (Fsp3) is 0.818. The molecule has 0 bridgehead atoms. The van der Waals surface area contributed by atoms with Crippen LogP contribution in [0, 0.1) is 0 Å². The molecule has 5 nitrogen and oxygen atoms in total. The molecule has 2 saturated heterocycles. The lowest BCUT2D eigenvalue weighted by Gasteiger charge is -2.33. The Kier molecular flexibility index (Phi) is 3.32. The maximum atomic E-state index is 9.75. The van der Waals surface area contributed by atoms with Gasteiger partial charge >= 0.3 is 0 Å². The summed E-state index contributed by atoms with van der Waals surface area (Å²) in [6, 6.07) is 0. The SMILES string of the molecule is C=CCOC1OC[C@@H](O)[C@@H]2OC(C)(C)O[C@H]12. The van der Waals surface area contributed by atoms with Gasteiger partial charge in [0, 0.05) is 0 Å². The minimum absolute atomic E-state index is 0.197. The molecule has 2 aliphatic heterocycles. The van der Waals surface area contributed by atoms with Crippen molar-refractivity contribution in [2.45, 2.75) is 44.2 Å². The highest BCUT2D eigenvalue weighted by Crippen LogP contribution is 2.35. The van der Waals surface area contributed by atoms with Crippen molar-refractivity contribution >= 4 is 0 Å². The Balaban J connectivity index is 2.05. The number of hydrogen-bond donors (Lipinski definition) is 1. The second-order valence-corrected chi connectivity index (χ2v) is 4.46. The Morgan fingerprint density at radius 3 is 2.81 bits per heavy atom. The van der Waals surface area contributed by atoms with Crippen molar-refractivity contribution in [1.82, 2.24) is 0 Å². The number of aliphatic hydroxyl groups excluding tert-OH is 1. The third-order valence-corrected chi connectivity index (χ3v) is 2.62. The van der Waals surface area contributed by atoms with Gasteiger partial charge in [-0.15, -0.1) is 6.58 Å². The predicted molar refractivity (Wildman–Crippen MR) is 55.7 cm³/mol. The lowest BCUT2D eigenvalue weighted by atomic mass is 10.1. The van der Waals surface area contributed by atoms with Crippen LogP contribution in [-0.2, 0) is 18.9 Å². The van der Waals surface area contributed by atoms with Gasteiger partial charge in [-0.25, -0.2) is 0 Å². The predicted octanol–water partition coefficient (Wildman–Crippen LogP) is 0.426. The lowest BCUT2D eigenvalue weighted by Crippen LogP contribution is -2.52. The van der Waals surface area contributed by atoms with Gasteiger partial charge in [0.15, 0.2) is 12.1 Å². The summed E-state index contributed by atoms with van der Waals surface area (Å²) in [5, 5.41) is 9.75. The van der Waals surface area contributed by atoms with Crippen molar-refractivity contribution in [1.29, 1.82) is 0 Å². The molecular formula is C11H18O5. The van der Waals surface area contributed by atoms with Crippen LogP contribution in [0.4, 0.5) is 0 Å². The summed E-state index contributed by atoms with van der Waals surface area (Å²) in [6.07, 6.45) is -0.314. The standard InChI is InChI=1S/C11H18O5/c1-4-5-13-10-9-8(7(12)6-14-10)15-11(2,3)16-9/h4,7-10,12H,1,5-6H2,2-3H3/t7-,8+,9+,10?/m1/s1. The molecule has 0 amide bonds. The normalized spacial score (nSPS) is 41.7. The fourth-order valence-corrected chi connectivity index (χ4v) is 2.01. The van der Waals surface area contributed by atoms with Crippen LogP contribution in [0.2, 0.25) is 0 Å². The van der Waals surface area contributed by atoms with E-state index in [0.717, 1.165) is 0 Å². The Bertz CT molecular complexity index is 265. The van der Waals surface area contributed by atoms with E-state index < -0.39 is 30.4 Å². The summed E-state index contributed by atoms with van der Waals surface area (Å²) in [5.41, 5.74) is 0. The molecule has 1 unspecified atom stereocenters. The average Bonchev–Trinajstić information content (AvgIpc) is 2.54. The van der Waals surface area contributed by atoms with Crippen molar-refractivity contribution < 1.29 is 24.1 Å². The molecule has 16 heavy (non-hydrogen) atoms. The number of aliphatic hydroxyl groups is 1. The van der Waals surface area contributed by atoms with Crippen molar-refractivity contribution in [3.05, 3.63) is 12.7 Å². The molecule has 5 heteroatoms. The van der Waals surface area contributed by atoms with Gasteiger partial charge in [0.25, 0.3) is 0 Å². The first-order chi connectivity index (χ1) is 7.53. The van der Waals surface area contributed by atoms with E-state index in [1.807, 2.05) is 13.8 Å². The van der Waals surface area contributed by atoms with Gasteiger partial charge in [-0.1, -0.05) is 6.08 Å². The highest BCUT2D eigenvalue weighted by Gasteiger charge is 2.52. The quantitative estimate of drug-likeness (QED) is 0.712. The second kappa shape index (κ2) is 4.43. The summed E-state index contributed by atoms with van der Waals surface area (Å²) < 4.78 is 22.1. The van der Waals surface area contributed by atoms with Gasteiger partial charge in [0.2, 0.25) is 0 Å². The van der Waals surface area contributed by atoms with E-state index >= 15 is 0 Å². The molecule has 0 aromatic rings. The molecule has 2 heterocycles. The highest BCUT2D eigenvalue weighted by atomic mass is 16.8. The van der Waals surface area contributed by atoms with Crippen LogP contribution >= 0.6 is 0 Å². The van der Waals surface area contributed by atoms with Crippen LogP contribution in [-0.4, -0.2) is 48.7 Å². The van der Waals surface area contributed by atoms with Gasteiger partial charge in [0.1, 0.15) is 18.3 Å². The minimum Gasteiger partial charge on any atom is -0.388 e. The Labute approximate surface area is 94.9 Å². The third-order valence-electron chi connectivity index (χ3n) is 2.62. The molecule has 0 radical (unpaired) electrons. The second-order valence-electron chi connectivity index (χ2n) is 4.46. The zero-order valence-corrected chi connectivity index (χ0v) is 9.59. The maximum Gasteiger partial charge on any atom is 0.186 e. The monoisotopic (exact) mass is 230 g/mol. The number of ether oxygens (including phenoxy) is 4. The molecule has 0 aromatic carbocycles. The maximum absolute atomic E-state index is 9.75. The first-order valence-corrected chi connectivity index (χ1v) is 5.41. The highest BCUT2D eigenvalue weighted by molar-refractivity contribution is 4.92. The zero-order chi connectivity index (χ0) is 11.8. The third kappa shape index (κ3) is 2.28. The van der Waals surface area contributed by atoms with Crippen molar-refractivity contribution in [2.75, 3.05) is 13.2 Å². The van der Waals surface area contributed by atoms with Crippen molar-refractivity contribution in [3.8, 4) is 0 Å². The van der Waals surface area contributed by atoms with E-state index in [0.29, 0.717) is 6.61 Å². The Hall–Kier alpha value is -0.460. The minimum atomic E-state index is -0.709. The van der Waals surface area contributed by atoms with E-state index in [-0.39, 0.29) is 6.61 Å². The molecule has 2 rings (SSSR count). The number of rotatable bonds is 3. The van der Waals surface area contributed by atoms with E-state index in [1.54, 1.807) is 6.08 Å². The van der Waals surface area contributed by atoms with Crippen LogP contribution in [0.25, 0.3) is 0 Å². The van der Waals surface area contributed by atoms with E-state index in [2.05, 4.69) is 6.58 Å². The molecule has 92 valence electrons. The largest absolute Gasteiger partial charge is 0.388 e. The summed E-state index contributed by atoms with van der Waals surface area (Å²) >= 11 is 0. The first kappa shape index (κ1) is 12.0. The number of fused-ring (bicyclic) bond motifs is 1. The van der Waals surface area contributed by atoms with Gasteiger partial charge in [-0.2, -0.15) is 0 Å². The fourth-order valence-electron chi connectivity index (χ4n) is 2.01.